The van der Waals surface area contributed by atoms with Crippen LogP contribution in [0, 0.1) is 17.3 Å². The van der Waals surface area contributed by atoms with Gasteiger partial charge in [-0.2, -0.15) is 0 Å². The zero-order valence-electron chi connectivity index (χ0n) is 18.2. The molecule has 1 aromatic carbocycles. The topological polar surface area (TPSA) is 55.0 Å². The second-order valence-electron chi connectivity index (χ2n) is 10.1. The highest BCUT2D eigenvalue weighted by Crippen LogP contribution is 2.54. The largest absolute Gasteiger partial charge is 0.467 e. The summed E-state index contributed by atoms with van der Waals surface area (Å²) in [5, 5.41) is 0. The highest BCUT2D eigenvalue weighted by Gasteiger charge is 2.63. The number of ether oxygens (including phenoxy) is 1. The van der Waals surface area contributed by atoms with Crippen molar-refractivity contribution in [2.45, 2.75) is 65.0 Å². The maximum absolute atomic E-state index is 13.7. The van der Waals surface area contributed by atoms with Crippen LogP contribution < -0.4 is 0 Å². The van der Waals surface area contributed by atoms with Gasteiger partial charge in [0.1, 0.15) is 5.76 Å². The first-order valence-corrected chi connectivity index (χ1v) is 10.9. The monoisotopic (exact) mass is 406 g/mol. The average Bonchev–Trinajstić information content (AvgIpc) is 3.40. The van der Waals surface area contributed by atoms with Crippen LogP contribution >= 0.6 is 0 Å². The van der Waals surface area contributed by atoms with Crippen LogP contribution in [-0.2, 0) is 16.1 Å². The van der Waals surface area contributed by atoms with Gasteiger partial charge >= 0.3 is 0 Å². The summed E-state index contributed by atoms with van der Waals surface area (Å²) >= 11 is 0. The van der Waals surface area contributed by atoms with E-state index < -0.39 is 5.72 Å². The van der Waals surface area contributed by atoms with Crippen molar-refractivity contribution >= 4 is 11.6 Å². The van der Waals surface area contributed by atoms with Crippen LogP contribution in [0.1, 0.15) is 57.8 Å². The smallest absolute Gasteiger partial charge is 0.229 e. The van der Waals surface area contributed by atoms with E-state index >= 15 is 0 Å². The third-order valence-electron chi connectivity index (χ3n) is 7.09. The molecule has 158 valence electrons. The summed E-state index contributed by atoms with van der Waals surface area (Å²) in [6, 6.07) is 14.3. The van der Waals surface area contributed by atoms with Gasteiger partial charge in [-0.1, -0.05) is 58.0 Å². The number of carbonyl (C=O) groups excluding carboxylic acids is 1. The lowest BCUT2D eigenvalue weighted by atomic mass is 9.78. The van der Waals surface area contributed by atoms with Crippen LogP contribution in [0.15, 0.2) is 58.1 Å². The lowest BCUT2D eigenvalue weighted by Crippen LogP contribution is -2.52. The molecule has 2 aromatic rings. The Labute approximate surface area is 178 Å². The molecule has 2 fully saturated rings. The number of hydrogen-bond donors (Lipinski definition) is 0. The molecule has 2 bridgehead atoms. The molecule has 1 saturated carbocycles. The van der Waals surface area contributed by atoms with Gasteiger partial charge in [0, 0.05) is 17.8 Å². The van der Waals surface area contributed by atoms with Gasteiger partial charge in [0.15, 0.2) is 12.0 Å². The highest BCUT2D eigenvalue weighted by atomic mass is 16.6. The molecule has 5 heteroatoms. The fourth-order valence-electron chi connectivity index (χ4n) is 5.33. The van der Waals surface area contributed by atoms with Crippen LogP contribution in [0.5, 0.6) is 0 Å². The van der Waals surface area contributed by atoms with Crippen LogP contribution in [0.3, 0.4) is 0 Å². The van der Waals surface area contributed by atoms with E-state index in [1.165, 1.54) is 5.56 Å². The van der Waals surface area contributed by atoms with Gasteiger partial charge in [-0.25, -0.2) is 0 Å². The first-order chi connectivity index (χ1) is 14.3. The van der Waals surface area contributed by atoms with Crippen LogP contribution in [0.2, 0.25) is 0 Å². The molecule has 1 aromatic heterocycles. The maximum atomic E-state index is 13.7. The molecular formula is C25H30N2O3. The summed E-state index contributed by atoms with van der Waals surface area (Å²) in [5.41, 5.74) is 1.40. The molecule has 1 aliphatic carbocycles. The molecule has 5 nitrogen and oxygen atoms in total. The molecule has 5 atom stereocenters. The van der Waals surface area contributed by atoms with Crippen LogP contribution in [0.25, 0.3) is 0 Å². The number of furan rings is 1. The number of carbonyl (C=O) groups is 1. The quantitative estimate of drug-likeness (QED) is 0.721. The van der Waals surface area contributed by atoms with E-state index in [1.807, 2.05) is 23.1 Å². The zero-order chi connectivity index (χ0) is 21.1. The summed E-state index contributed by atoms with van der Waals surface area (Å²) < 4.78 is 12.3. The van der Waals surface area contributed by atoms with Crippen LogP contribution in [0.4, 0.5) is 0 Å². The molecule has 1 saturated heterocycles. The van der Waals surface area contributed by atoms with E-state index in [-0.39, 0.29) is 35.3 Å². The zero-order valence-corrected chi connectivity index (χ0v) is 18.2. The van der Waals surface area contributed by atoms with E-state index in [9.17, 15) is 4.79 Å². The van der Waals surface area contributed by atoms with Crippen molar-refractivity contribution in [3.8, 4) is 0 Å². The van der Waals surface area contributed by atoms with Gasteiger partial charge in [0.25, 0.3) is 0 Å². The molecule has 30 heavy (non-hydrogen) atoms. The van der Waals surface area contributed by atoms with E-state index in [4.69, 9.17) is 14.1 Å². The molecule has 1 spiro atoms. The summed E-state index contributed by atoms with van der Waals surface area (Å²) in [4.78, 5) is 20.7. The van der Waals surface area contributed by atoms with Crippen molar-refractivity contribution in [1.29, 1.82) is 0 Å². The van der Waals surface area contributed by atoms with Crippen molar-refractivity contribution in [2.75, 3.05) is 0 Å². The van der Waals surface area contributed by atoms with E-state index in [0.717, 1.165) is 17.9 Å². The maximum Gasteiger partial charge on any atom is 0.229 e. The second-order valence-corrected chi connectivity index (χ2v) is 10.1. The first kappa shape index (κ1) is 19.6. The van der Waals surface area contributed by atoms with Gasteiger partial charge in [-0.15, -0.1) is 0 Å². The van der Waals surface area contributed by atoms with Crippen molar-refractivity contribution in [1.82, 2.24) is 4.90 Å². The third-order valence-corrected chi connectivity index (χ3v) is 7.09. The number of benzene rings is 1. The minimum atomic E-state index is -0.760. The lowest BCUT2D eigenvalue weighted by molar-refractivity contribution is -0.159. The Balaban J connectivity index is 1.59. The number of hydrogen-bond acceptors (Lipinski definition) is 4. The minimum Gasteiger partial charge on any atom is -0.467 e. The van der Waals surface area contributed by atoms with Gasteiger partial charge < -0.3 is 14.1 Å². The number of rotatable bonds is 3. The van der Waals surface area contributed by atoms with Crippen molar-refractivity contribution in [3.05, 3.63) is 60.1 Å². The van der Waals surface area contributed by atoms with E-state index in [0.29, 0.717) is 13.0 Å². The second kappa shape index (κ2) is 6.81. The standard InChI is InChI=1S/C25H30N2O3/c1-16-19(17-9-6-5-7-10-17)13-21-25(30-23(26-21)24(2,3)4)14-20(16)22(28)27(25)15-18-11-8-12-29-18/h5-12,16,19-20,23H,13-15H2,1-4H3/t16-,19+,20?,23-,25+/m1/s1. The molecule has 2 aliphatic heterocycles. The number of aliphatic imine (C=N–C) groups is 1. The van der Waals surface area contributed by atoms with Crippen molar-refractivity contribution < 1.29 is 13.9 Å². The number of nitrogens with zero attached hydrogens (tertiary/aromatic N) is 2. The molecule has 1 unspecified atom stereocenters. The first-order valence-electron chi connectivity index (χ1n) is 10.9. The highest BCUT2D eigenvalue weighted by molar-refractivity contribution is 6.01. The third kappa shape index (κ3) is 2.94. The molecular weight excluding hydrogens is 376 g/mol. The van der Waals surface area contributed by atoms with Gasteiger partial charge in [0.05, 0.1) is 18.5 Å². The Hall–Kier alpha value is -2.40. The molecule has 5 rings (SSSR count). The minimum absolute atomic E-state index is 0.0865. The Morgan fingerprint density at radius 2 is 1.90 bits per heavy atom. The van der Waals surface area contributed by atoms with Gasteiger partial charge in [0.2, 0.25) is 5.91 Å². The Morgan fingerprint density at radius 1 is 1.13 bits per heavy atom. The summed E-state index contributed by atoms with van der Waals surface area (Å²) in [6.45, 7) is 9.07. The summed E-state index contributed by atoms with van der Waals surface area (Å²) in [6.07, 6.45) is 2.88. The molecule has 1 amide bonds. The van der Waals surface area contributed by atoms with Crippen LogP contribution in [-0.4, -0.2) is 28.5 Å². The molecule has 0 N–H and O–H groups in total. The Bertz CT molecular complexity index is 960. The summed E-state index contributed by atoms with van der Waals surface area (Å²) in [7, 11) is 0. The Morgan fingerprint density at radius 3 is 2.57 bits per heavy atom. The summed E-state index contributed by atoms with van der Waals surface area (Å²) in [5.74, 6) is 1.31. The fraction of sp³-hybridized carbons (Fsp3) is 0.520. The number of likely N-dealkylation sites (tertiary alicyclic amines) is 1. The van der Waals surface area contributed by atoms with Crippen molar-refractivity contribution in [2.24, 2.45) is 22.2 Å². The molecule has 0 radical (unpaired) electrons. The average molecular weight is 407 g/mol. The predicted molar refractivity (Wildman–Crippen MR) is 115 cm³/mol. The van der Waals surface area contributed by atoms with Crippen molar-refractivity contribution in [3.63, 3.8) is 0 Å². The predicted octanol–water partition coefficient (Wildman–Crippen LogP) is 4.99. The normalized spacial score (nSPS) is 33.4. The molecule has 3 aliphatic rings. The number of amides is 1. The molecule has 3 heterocycles. The fourth-order valence-corrected chi connectivity index (χ4v) is 5.33. The van der Waals surface area contributed by atoms with Gasteiger partial charge in [-0.3, -0.25) is 9.79 Å². The lowest BCUT2D eigenvalue weighted by Gasteiger charge is -2.38. The van der Waals surface area contributed by atoms with E-state index in [2.05, 4.69) is 52.0 Å². The number of fused-ring (bicyclic) bond motifs is 1. The van der Waals surface area contributed by atoms with E-state index in [1.54, 1.807) is 6.26 Å². The Kier molecular flexibility index (Phi) is 4.44. The SMILES string of the molecule is C[C@H]1C2C[C@@]3(O[C@H](C(C)(C)C)N=C3C[C@@H]1c1ccccc1)N(Cc1ccco1)C2=O. The van der Waals surface area contributed by atoms with Gasteiger partial charge in [-0.05, 0) is 36.0 Å².